The smallest absolute Gasteiger partial charge is 0.193 e. The molecule has 0 aromatic carbocycles. The van der Waals surface area contributed by atoms with Crippen LogP contribution in [0.2, 0.25) is 0 Å². The van der Waals surface area contributed by atoms with E-state index in [1.807, 2.05) is 0 Å². The SMILES string of the molecule is FC1=CC(C2C3=C(C(F)C4C(F)=C(F)C(F)C(F)C4C3F)C(C3C=C(F)C(F)C3)C3C4C5=C(C(F)C(F)C(F)CC5C23)C2C(F)=C(F)C(F)=C(F)C2C4F)=CC(F)C1. The highest BCUT2D eigenvalue weighted by molar-refractivity contribution is 5.54. The number of fused-ring (bicyclic) bond motifs is 6. The molecule has 9 aliphatic carbocycles. The Bertz CT molecular complexity index is 2080. The summed E-state index contributed by atoms with van der Waals surface area (Å²) in [6.07, 6.45) is -31.9. The highest BCUT2D eigenvalue weighted by Gasteiger charge is 2.71. The summed E-state index contributed by atoms with van der Waals surface area (Å²) in [6, 6.07) is 0. The second kappa shape index (κ2) is 13.6. The second-order valence-electron chi connectivity index (χ2n) is 16.8. The molecular formula is C40H30F18. The van der Waals surface area contributed by atoms with Gasteiger partial charge in [0, 0.05) is 24.2 Å². The molecule has 58 heavy (non-hydrogen) atoms. The Morgan fingerprint density at radius 3 is 1.76 bits per heavy atom. The van der Waals surface area contributed by atoms with Crippen molar-refractivity contribution in [3.63, 3.8) is 0 Å². The summed E-state index contributed by atoms with van der Waals surface area (Å²) in [6.45, 7) is 0. The Kier molecular flexibility index (Phi) is 9.39. The van der Waals surface area contributed by atoms with Crippen molar-refractivity contribution in [2.24, 2.45) is 65.1 Å². The topological polar surface area (TPSA) is 0 Å². The molecule has 18 heteroatoms. The first-order valence-corrected chi connectivity index (χ1v) is 18.8. The fourth-order valence-corrected chi connectivity index (χ4v) is 12.4. The van der Waals surface area contributed by atoms with Gasteiger partial charge in [-0.15, -0.1) is 0 Å². The van der Waals surface area contributed by atoms with E-state index in [4.69, 9.17) is 0 Å². The van der Waals surface area contributed by atoms with Crippen LogP contribution in [0.4, 0.5) is 79.0 Å². The minimum Gasteiger partial charge on any atom is -0.246 e. The largest absolute Gasteiger partial charge is 0.246 e. The molecule has 0 N–H and O–H groups in total. The molecule has 21 unspecified atom stereocenters. The average Bonchev–Trinajstić information content (AvgIpc) is 3.66. The zero-order chi connectivity index (χ0) is 41.9. The van der Waals surface area contributed by atoms with Gasteiger partial charge in [0.2, 0.25) is 0 Å². The van der Waals surface area contributed by atoms with Crippen molar-refractivity contribution in [3.8, 4) is 0 Å². The molecule has 0 aliphatic heterocycles. The van der Waals surface area contributed by atoms with Crippen molar-refractivity contribution >= 4 is 0 Å². The molecule has 0 aromatic rings. The minimum atomic E-state index is -3.48. The van der Waals surface area contributed by atoms with Crippen molar-refractivity contribution in [1.82, 2.24) is 0 Å². The summed E-state index contributed by atoms with van der Waals surface area (Å²) in [4.78, 5) is 0. The molecule has 0 saturated heterocycles. The maximum Gasteiger partial charge on any atom is 0.193 e. The third-order valence-corrected chi connectivity index (χ3v) is 14.3. The van der Waals surface area contributed by atoms with Crippen molar-refractivity contribution in [2.45, 2.75) is 81.0 Å². The van der Waals surface area contributed by atoms with E-state index in [-0.39, 0.29) is 0 Å². The van der Waals surface area contributed by atoms with Gasteiger partial charge in [0.1, 0.15) is 66.2 Å². The van der Waals surface area contributed by atoms with E-state index in [0.717, 1.165) is 0 Å². The van der Waals surface area contributed by atoms with Crippen LogP contribution in [0.1, 0.15) is 19.3 Å². The predicted octanol–water partition coefficient (Wildman–Crippen LogP) is 12.1. The molecule has 0 spiro atoms. The zero-order valence-electron chi connectivity index (χ0n) is 29.3. The quantitative estimate of drug-likeness (QED) is 0.192. The lowest BCUT2D eigenvalue weighted by atomic mass is 9.50. The molecule has 1 fully saturated rings. The normalized spacial score (nSPS) is 50.2. The number of rotatable bonds is 2. The maximum atomic E-state index is 17.5. The third kappa shape index (κ3) is 5.18. The van der Waals surface area contributed by atoms with E-state index in [1.54, 1.807) is 0 Å². The number of allylic oxidation sites excluding steroid dienone is 16. The molecule has 0 bridgehead atoms. The van der Waals surface area contributed by atoms with E-state index >= 15 is 61.5 Å². The van der Waals surface area contributed by atoms with Gasteiger partial charge in [-0.3, -0.25) is 0 Å². The summed E-state index contributed by atoms with van der Waals surface area (Å²) in [5.74, 6) is -42.7. The van der Waals surface area contributed by atoms with Crippen molar-refractivity contribution in [2.75, 3.05) is 0 Å². The van der Waals surface area contributed by atoms with Crippen LogP contribution in [0.5, 0.6) is 0 Å². The zero-order valence-corrected chi connectivity index (χ0v) is 29.3. The van der Waals surface area contributed by atoms with Crippen LogP contribution >= 0.6 is 0 Å². The lowest BCUT2D eigenvalue weighted by Crippen LogP contribution is -2.57. The Morgan fingerprint density at radius 1 is 0.466 bits per heavy atom. The van der Waals surface area contributed by atoms with Gasteiger partial charge in [-0.2, -0.15) is 0 Å². The van der Waals surface area contributed by atoms with E-state index in [9.17, 15) is 17.6 Å². The van der Waals surface area contributed by atoms with E-state index in [0.29, 0.717) is 18.2 Å². The number of alkyl halides is 10. The molecule has 0 heterocycles. The molecule has 0 amide bonds. The molecule has 0 radical (unpaired) electrons. The van der Waals surface area contributed by atoms with Crippen molar-refractivity contribution in [1.29, 1.82) is 0 Å². The van der Waals surface area contributed by atoms with Crippen molar-refractivity contribution < 1.29 is 79.0 Å². The van der Waals surface area contributed by atoms with E-state index in [2.05, 4.69) is 0 Å². The average molecular weight is 853 g/mol. The number of halogens is 18. The van der Waals surface area contributed by atoms with Gasteiger partial charge >= 0.3 is 0 Å². The van der Waals surface area contributed by atoms with Gasteiger partial charge in [0.05, 0.1) is 17.8 Å². The Hall–Kier alpha value is -3.34. The van der Waals surface area contributed by atoms with E-state index < -0.39 is 221 Å². The summed E-state index contributed by atoms with van der Waals surface area (Å²) < 4.78 is 284. The standard InChI is InChI=1S/C40H30F18/c41-9-1-7(2-10(42)5-9)15-17-11-6-14(45)28(46)32(50)23-18(11)22(31(49)25-24(23)33(51)37(55)38(56)34(25)52)19(17)16(8-3-12(43)13(44)4-8)21-20(15)29(47)26-27(30(21)48)36(54)40(58)39(57)35(26)53/h1-3,8-9,11,13-17,19,22,24-32,35,39H,4-6H2. The highest BCUT2D eigenvalue weighted by atomic mass is 19.2. The molecule has 9 rings (SSSR count). The summed E-state index contributed by atoms with van der Waals surface area (Å²) in [5, 5.41) is 0. The predicted molar refractivity (Wildman–Crippen MR) is 169 cm³/mol. The molecule has 1 saturated carbocycles. The second-order valence-corrected chi connectivity index (χ2v) is 16.8. The van der Waals surface area contributed by atoms with Crippen LogP contribution in [-0.4, -0.2) is 61.7 Å². The van der Waals surface area contributed by atoms with E-state index in [1.165, 1.54) is 0 Å². The Morgan fingerprint density at radius 2 is 1.12 bits per heavy atom. The lowest BCUT2D eigenvalue weighted by molar-refractivity contribution is -0.0339. The van der Waals surface area contributed by atoms with Crippen LogP contribution in [0.3, 0.4) is 0 Å². The van der Waals surface area contributed by atoms with Crippen LogP contribution in [-0.2, 0) is 0 Å². The van der Waals surface area contributed by atoms with Crippen molar-refractivity contribution in [3.05, 3.63) is 92.7 Å². The van der Waals surface area contributed by atoms with Gasteiger partial charge < -0.3 is 0 Å². The van der Waals surface area contributed by atoms with Gasteiger partial charge in [-0.05, 0) is 83.0 Å². The number of hydrogen-bond donors (Lipinski definition) is 0. The summed E-state index contributed by atoms with van der Waals surface area (Å²) in [5.41, 5.74) is -4.82. The fourth-order valence-electron chi connectivity index (χ4n) is 12.4. The van der Waals surface area contributed by atoms with Crippen LogP contribution in [0, 0.1) is 65.1 Å². The molecule has 9 aliphatic rings. The highest BCUT2D eigenvalue weighted by Crippen LogP contribution is 2.72. The first-order valence-electron chi connectivity index (χ1n) is 18.8. The molecule has 21 atom stereocenters. The lowest BCUT2D eigenvalue weighted by Gasteiger charge is -2.55. The van der Waals surface area contributed by atoms with Crippen LogP contribution in [0.15, 0.2) is 92.7 Å². The van der Waals surface area contributed by atoms with Gasteiger partial charge in [-0.25, -0.2) is 79.0 Å². The van der Waals surface area contributed by atoms with Gasteiger partial charge in [0.25, 0.3) is 0 Å². The van der Waals surface area contributed by atoms with Gasteiger partial charge in [-0.1, -0.05) is 5.57 Å². The number of hydrogen-bond acceptors (Lipinski definition) is 0. The van der Waals surface area contributed by atoms with Crippen LogP contribution < -0.4 is 0 Å². The third-order valence-electron chi connectivity index (χ3n) is 14.3. The Balaban J connectivity index is 1.39. The summed E-state index contributed by atoms with van der Waals surface area (Å²) >= 11 is 0. The molecule has 0 nitrogen and oxygen atoms in total. The first-order chi connectivity index (χ1) is 27.3. The molecular weight excluding hydrogens is 822 g/mol. The first kappa shape index (κ1) is 40.1. The minimum absolute atomic E-state index is 0.540. The molecule has 316 valence electrons. The van der Waals surface area contributed by atoms with Gasteiger partial charge in [0.15, 0.2) is 42.2 Å². The monoisotopic (exact) mass is 852 g/mol. The Labute approximate surface area is 317 Å². The molecule has 0 aromatic heterocycles. The maximum absolute atomic E-state index is 17.5. The van der Waals surface area contributed by atoms with Crippen LogP contribution in [0.25, 0.3) is 0 Å². The fraction of sp³-hybridized carbons (Fsp3) is 0.600. The summed E-state index contributed by atoms with van der Waals surface area (Å²) in [7, 11) is 0.